The molecule has 0 spiro atoms. The van der Waals surface area contributed by atoms with Gasteiger partial charge in [-0.1, -0.05) is 27.7 Å². The second kappa shape index (κ2) is 5.55. The van der Waals surface area contributed by atoms with Crippen molar-refractivity contribution in [3.63, 3.8) is 0 Å². The van der Waals surface area contributed by atoms with Crippen LogP contribution in [0.25, 0.3) is 0 Å². The van der Waals surface area contributed by atoms with E-state index in [4.69, 9.17) is 0 Å². The van der Waals surface area contributed by atoms with Gasteiger partial charge in [0.1, 0.15) is 0 Å². The Bertz CT molecular complexity index is 233. The fourth-order valence-electron chi connectivity index (χ4n) is 2.03. The average molecular weight is 226 g/mol. The topological polar surface area (TPSA) is 32.3 Å². The molecule has 1 fully saturated rings. The van der Waals surface area contributed by atoms with E-state index < -0.39 is 0 Å². The Morgan fingerprint density at radius 2 is 2.12 bits per heavy atom. The Morgan fingerprint density at radius 3 is 2.69 bits per heavy atom. The first kappa shape index (κ1) is 13.3. The molecule has 0 saturated carbocycles. The summed E-state index contributed by atoms with van der Waals surface area (Å²) in [5, 5.41) is 3.02. The minimum Gasteiger partial charge on any atom is -0.338 e. The van der Waals surface area contributed by atoms with Gasteiger partial charge in [0.15, 0.2) is 0 Å². The molecule has 2 amide bonds. The molecule has 0 aromatic carbocycles. The molecule has 1 saturated heterocycles. The third-order valence-electron chi connectivity index (χ3n) is 3.10. The van der Waals surface area contributed by atoms with E-state index in [1.165, 1.54) is 6.42 Å². The predicted molar refractivity (Wildman–Crippen MR) is 67.4 cm³/mol. The molecule has 1 N–H and O–H groups in total. The molecule has 0 aromatic rings. The standard InChI is InChI=1S/C13H26N2O/c1-11-6-5-9-15(10-11)12(16)14-8-7-13(2,3)4/h11H,5-10H2,1-4H3,(H,14,16). The van der Waals surface area contributed by atoms with Crippen LogP contribution in [0.3, 0.4) is 0 Å². The summed E-state index contributed by atoms with van der Waals surface area (Å²) >= 11 is 0. The minimum absolute atomic E-state index is 0.121. The van der Waals surface area contributed by atoms with E-state index >= 15 is 0 Å². The summed E-state index contributed by atoms with van der Waals surface area (Å²) in [5.74, 6) is 0.655. The third kappa shape index (κ3) is 4.86. The maximum Gasteiger partial charge on any atom is 0.317 e. The number of nitrogens with one attached hydrogen (secondary N) is 1. The van der Waals surface area contributed by atoms with Gasteiger partial charge in [-0.05, 0) is 30.6 Å². The summed E-state index contributed by atoms with van der Waals surface area (Å²) < 4.78 is 0. The van der Waals surface area contributed by atoms with E-state index in [1.54, 1.807) is 0 Å². The van der Waals surface area contributed by atoms with E-state index in [0.29, 0.717) is 11.3 Å². The van der Waals surface area contributed by atoms with Gasteiger partial charge >= 0.3 is 6.03 Å². The number of rotatable bonds is 2. The van der Waals surface area contributed by atoms with Crippen LogP contribution in [-0.2, 0) is 0 Å². The Kier molecular flexibility index (Phi) is 4.63. The van der Waals surface area contributed by atoms with Gasteiger partial charge in [0.25, 0.3) is 0 Å². The number of carbonyl (C=O) groups is 1. The molecule has 0 radical (unpaired) electrons. The van der Waals surface area contributed by atoms with Gasteiger partial charge in [-0.15, -0.1) is 0 Å². The molecule has 1 heterocycles. The van der Waals surface area contributed by atoms with Gasteiger partial charge in [0.05, 0.1) is 0 Å². The van der Waals surface area contributed by atoms with Gasteiger partial charge in [0, 0.05) is 19.6 Å². The van der Waals surface area contributed by atoms with Crippen LogP contribution >= 0.6 is 0 Å². The lowest BCUT2D eigenvalue weighted by Crippen LogP contribution is -2.45. The molecule has 0 aromatic heterocycles. The molecule has 1 rings (SSSR count). The number of hydrogen-bond donors (Lipinski definition) is 1. The van der Waals surface area contributed by atoms with Crippen LogP contribution in [0.2, 0.25) is 0 Å². The molecule has 1 unspecified atom stereocenters. The quantitative estimate of drug-likeness (QED) is 0.771. The van der Waals surface area contributed by atoms with Crippen LogP contribution in [-0.4, -0.2) is 30.6 Å². The van der Waals surface area contributed by atoms with Crippen molar-refractivity contribution >= 4 is 6.03 Å². The normalized spacial score (nSPS) is 22.0. The van der Waals surface area contributed by atoms with Crippen LogP contribution in [0.15, 0.2) is 0 Å². The second-order valence-corrected chi connectivity index (χ2v) is 6.24. The molecule has 0 aliphatic carbocycles. The van der Waals surface area contributed by atoms with E-state index in [1.807, 2.05) is 4.90 Å². The summed E-state index contributed by atoms with van der Waals surface area (Å²) in [4.78, 5) is 13.8. The highest BCUT2D eigenvalue weighted by molar-refractivity contribution is 5.74. The molecule has 0 bridgehead atoms. The van der Waals surface area contributed by atoms with E-state index in [2.05, 4.69) is 33.0 Å². The molecule has 3 heteroatoms. The molecular formula is C13H26N2O. The summed E-state index contributed by atoms with van der Waals surface area (Å²) in [7, 11) is 0. The van der Waals surface area contributed by atoms with Crippen molar-refractivity contribution < 1.29 is 4.79 Å². The number of hydrogen-bond acceptors (Lipinski definition) is 1. The zero-order valence-corrected chi connectivity index (χ0v) is 11.2. The van der Waals surface area contributed by atoms with Gasteiger partial charge in [-0.2, -0.15) is 0 Å². The monoisotopic (exact) mass is 226 g/mol. The van der Waals surface area contributed by atoms with Crippen LogP contribution in [0.1, 0.15) is 47.0 Å². The highest BCUT2D eigenvalue weighted by atomic mass is 16.2. The Hall–Kier alpha value is -0.730. The Morgan fingerprint density at radius 1 is 1.44 bits per heavy atom. The van der Waals surface area contributed by atoms with Gasteiger partial charge in [-0.25, -0.2) is 4.79 Å². The van der Waals surface area contributed by atoms with Crippen LogP contribution in [0, 0.1) is 11.3 Å². The molecule has 94 valence electrons. The summed E-state index contributed by atoms with van der Waals surface area (Å²) in [6.07, 6.45) is 3.43. The van der Waals surface area contributed by atoms with Gasteiger partial charge in [0.2, 0.25) is 0 Å². The van der Waals surface area contributed by atoms with Gasteiger partial charge < -0.3 is 10.2 Å². The van der Waals surface area contributed by atoms with Crippen LogP contribution in [0.5, 0.6) is 0 Å². The smallest absolute Gasteiger partial charge is 0.317 e. The Labute approximate surface area is 99.6 Å². The number of carbonyl (C=O) groups excluding carboxylic acids is 1. The highest BCUT2D eigenvalue weighted by Crippen LogP contribution is 2.18. The van der Waals surface area contributed by atoms with E-state index in [9.17, 15) is 4.79 Å². The second-order valence-electron chi connectivity index (χ2n) is 6.24. The van der Waals surface area contributed by atoms with Crippen molar-refractivity contribution in [2.75, 3.05) is 19.6 Å². The summed E-state index contributed by atoms with van der Waals surface area (Å²) in [6, 6.07) is 0.121. The number of likely N-dealkylation sites (tertiary alicyclic amines) is 1. The van der Waals surface area contributed by atoms with Crippen molar-refractivity contribution in [2.24, 2.45) is 11.3 Å². The molecule has 1 aliphatic rings. The SMILES string of the molecule is CC1CCCN(C(=O)NCCC(C)(C)C)C1. The Balaban J connectivity index is 2.24. The molecular weight excluding hydrogens is 200 g/mol. The van der Waals surface area contributed by atoms with Crippen LogP contribution < -0.4 is 5.32 Å². The first-order valence-corrected chi connectivity index (χ1v) is 6.41. The summed E-state index contributed by atoms with van der Waals surface area (Å²) in [6.45, 7) is 11.4. The minimum atomic E-state index is 0.121. The maximum atomic E-state index is 11.8. The van der Waals surface area contributed by atoms with E-state index in [-0.39, 0.29) is 6.03 Å². The number of piperidine rings is 1. The fourth-order valence-corrected chi connectivity index (χ4v) is 2.03. The molecule has 1 aliphatic heterocycles. The lowest BCUT2D eigenvalue weighted by molar-refractivity contribution is 0.168. The fraction of sp³-hybridized carbons (Fsp3) is 0.923. The first-order chi connectivity index (χ1) is 7.38. The number of amides is 2. The van der Waals surface area contributed by atoms with Crippen molar-refractivity contribution in [3.05, 3.63) is 0 Å². The van der Waals surface area contributed by atoms with Crippen molar-refractivity contribution in [2.45, 2.75) is 47.0 Å². The van der Waals surface area contributed by atoms with Crippen LogP contribution in [0.4, 0.5) is 4.79 Å². The largest absolute Gasteiger partial charge is 0.338 e. The number of urea groups is 1. The number of nitrogens with zero attached hydrogens (tertiary/aromatic N) is 1. The lowest BCUT2D eigenvalue weighted by Gasteiger charge is -2.31. The zero-order valence-electron chi connectivity index (χ0n) is 11.2. The predicted octanol–water partition coefficient (Wildman–Crippen LogP) is 2.86. The molecule has 1 atom stereocenters. The summed E-state index contributed by atoms with van der Waals surface area (Å²) in [5.41, 5.74) is 0.294. The lowest BCUT2D eigenvalue weighted by atomic mass is 9.92. The molecule has 3 nitrogen and oxygen atoms in total. The van der Waals surface area contributed by atoms with Gasteiger partial charge in [-0.3, -0.25) is 0 Å². The zero-order chi connectivity index (χ0) is 12.2. The third-order valence-corrected chi connectivity index (χ3v) is 3.10. The van der Waals surface area contributed by atoms with Crippen molar-refractivity contribution in [3.8, 4) is 0 Å². The van der Waals surface area contributed by atoms with E-state index in [0.717, 1.165) is 32.5 Å². The highest BCUT2D eigenvalue weighted by Gasteiger charge is 2.20. The van der Waals surface area contributed by atoms with Crippen molar-refractivity contribution in [1.82, 2.24) is 10.2 Å². The average Bonchev–Trinajstić information content (AvgIpc) is 2.15. The first-order valence-electron chi connectivity index (χ1n) is 6.41. The molecule has 16 heavy (non-hydrogen) atoms. The van der Waals surface area contributed by atoms with Crippen molar-refractivity contribution in [1.29, 1.82) is 0 Å². The maximum absolute atomic E-state index is 11.8.